The molecule has 3 heterocycles. The molecule has 1 aromatic heterocycles. The van der Waals surface area contributed by atoms with Gasteiger partial charge in [0.2, 0.25) is 0 Å². The number of fused-ring (bicyclic) bond motifs is 1. The zero-order valence-electron chi connectivity index (χ0n) is 12.0. The Morgan fingerprint density at radius 2 is 2.00 bits per heavy atom. The maximum atomic E-state index is 5.02. The Bertz CT molecular complexity index is 422. The summed E-state index contributed by atoms with van der Waals surface area (Å²) in [5.74, 6) is 1.80. The quantitative estimate of drug-likeness (QED) is 0.884. The van der Waals surface area contributed by atoms with Gasteiger partial charge in [0, 0.05) is 32.1 Å². The molecule has 1 fully saturated rings. The van der Waals surface area contributed by atoms with Crippen LogP contribution in [0.25, 0.3) is 0 Å². The lowest BCUT2D eigenvalue weighted by molar-refractivity contribution is 0.516. The zero-order chi connectivity index (χ0) is 13.1. The van der Waals surface area contributed by atoms with E-state index in [0.29, 0.717) is 5.92 Å². The van der Waals surface area contributed by atoms with E-state index in [4.69, 9.17) is 4.98 Å². The third kappa shape index (κ3) is 2.76. The van der Waals surface area contributed by atoms with Crippen molar-refractivity contribution in [2.45, 2.75) is 51.5 Å². The first-order chi connectivity index (χ1) is 9.38. The molecule has 104 valence electrons. The second-order valence-corrected chi connectivity index (χ2v) is 5.85. The molecule has 1 N–H and O–H groups in total. The summed E-state index contributed by atoms with van der Waals surface area (Å²) in [4.78, 5) is 7.50. The minimum absolute atomic E-state index is 0.593. The number of pyridine rings is 1. The predicted molar refractivity (Wildman–Crippen MR) is 79.7 cm³/mol. The van der Waals surface area contributed by atoms with Gasteiger partial charge in [0.1, 0.15) is 5.82 Å². The van der Waals surface area contributed by atoms with Crippen molar-refractivity contribution in [3.05, 3.63) is 23.4 Å². The number of rotatable bonds is 2. The van der Waals surface area contributed by atoms with E-state index in [2.05, 4.69) is 29.3 Å². The molecule has 19 heavy (non-hydrogen) atoms. The lowest BCUT2D eigenvalue weighted by Crippen LogP contribution is -2.31. The van der Waals surface area contributed by atoms with E-state index < -0.39 is 0 Å². The summed E-state index contributed by atoms with van der Waals surface area (Å²) in [5, 5.41) is 3.50. The van der Waals surface area contributed by atoms with Crippen molar-refractivity contribution in [3.8, 4) is 0 Å². The van der Waals surface area contributed by atoms with Gasteiger partial charge in [-0.25, -0.2) is 4.98 Å². The fraction of sp³-hybridized carbons (Fsp3) is 0.688. The van der Waals surface area contributed by atoms with Crippen LogP contribution >= 0.6 is 0 Å². The summed E-state index contributed by atoms with van der Waals surface area (Å²) in [5.41, 5.74) is 2.75. The van der Waals surface area contributed by atoms with E-state index in [-0.39, 0.29) is 0 Å². The molecule has 3 heteroatoms. The van der Waals surface area contributed by atoms with Gasteiger partial charge in [0.15, 0.2) is 0 Å². The van der Waals surface area contributed by atoms with Crippen LogP contribution in [0.3, 0.4) is 0 Å². The molecule has 1 unspecified atom stereocenters. The van der Waals surface area contributed by atoms with E-state index in [1.807, 2.05) is 0 Å². The van der Waals surface area contributed by atoms with Crippen LogP contribution in [0.2, 0.25) is 0 Å². The first-order valence-electron chi connectivity index (χ1n) is 7.84. The normalized spacial score (nSPS) is 23.8. The fourth-order valence-corrected chi connectivity index (χ4v) is 3.29. The molecule has 0 saturated carbocycles. The molecule has 0 amide bonds. The lowest BCUT2D eigenvalue weighted by Gasteiger charge is -2.28. The number of nitrogens with one attached hydrogen (secondary N) is 1. The van der Waals surface area contributed by atoms with Crippen molar-refractivity contribution in [2.75, 3.05) is 24.5 Å². The molecule has 3 nitrogen and oxygen atoms in total. The molecular weight excluding hydrogens is 234 g/mol. The Balaban J connectivity index is 1.86. The predicted octanol–water partition coefficient (Wildman–Crippen LogP) is 3.06. The average Bonchev–Trinajstić information content (AvgIpc) is 2.75. The number of hydrogen-bond acceptors (Lipinski definition) is 3. The Hall–Kier alpha value is -1.09. The lowest BCUT2D eigenvalue weighted by atomic mass is 9.94. The summed E-state index contributed by atoms with van der Waals surface area (Å²) >= 11 is 0. The molecule has 2 aliphatic rings. The number of aromatic nitrogens is 1. The van der Waals surface area contributed by atoms with Crippen molar-refractivity contribution in [1.82, 2.24) is 10.3 Å². The maximum absolute atomic E-state index is 5.02. The Morgan fingerprint density at radius 1 is 1.21 bits per heavy atom. The highest BCUT2D eigenvalue weighted by Gasteiger charge is 2.21. The average molecular weight is 259 g/mol. The molecule has 1 atom stereocenters. The summed E-state index contributed by atoms with van der Waals surface area (Å²) in [6.45, 7) is 6.70. The van der Waals surface area contributed by atoms with Gasteiger partial charge >= 0.3 is 0 Å². The fourth-order valence-electron chi connectivity index (χ4n) is 3.29. The van der Waals surface area contributed by atoms with E-state index in [9.17, 15) is 0 Å². The Labute approximate surface area is 116 Å². The minimum Gasteiger partial charge on any atom is -0.357 e. The molecule has 0 bridgehead atoms. The van der Waals surface area contributed by atoms with Crippen molar-refractivity contribution in [3.63, 3.8) is 0 Å². The van der Waals surface area contributed by atoms with Crippen molar-refractivity contribution >= 4 is 5.82 Å². The van der Waals surface area contributed by atoms with E-state index in [1.165, 1.54) is 62.3 Å². The molecule has 2 aliphatic heterocycles. The molecule has 0 aliphatic carbocycles. The van der Waals surface area contributed by atoms with Crippen LogP contribution in [0.15, 0.2) is 12.1 Å². The molecule has 3 rings (SSSR count). The summed E-state index contributed by atoms with van der Waals surface area (Å²) in [7, 11) is 0. The van der Waals surface area contributed by atoms with Crippen LogP contribution in [-0.2, 0) is 6.54 Å². The number of nitrogens with zero attached hydrogens (tertiary/aromatic N) is 2. The molecule has 1 aromatic rings. The van der Waals surface area contributed by atoms with Crippen molar-refractivity contribution in [2.24, 2.45) is 0 Å². The van der Waals surface area contributed by atoms with Gasteiger partial charge in [-0.05, 0) is 30.9 Å². The van der Waals surface area contributed by atoms with E-state index in [0.717, 1.165) is 13.1 Å². The van der Waals surface area contributed by atoms with Gasteiger partial charge in [-0.3, -0.25) is 0 Å². The summed E-state index contributed by atoms with van der Waals surface area (Å²) in [6, 6.07) is 4.52. The van der Waals surface area contributed by atoms with Crippen LogP contribution in [-0.4, -0.2) is 24.6 Å². The maximum Gasteiger partial charge on any atom is 0.128 e. The molecule has 1 saturated heterocycles. The monoisotopic (exact) mass is 259 g/mol. The second-order valence-electron chi connectivity index (χ2n) is 5.85. The van der Waals surface area contributed by atoms with Gasteiger partial charge in [0.25, 0.3) is 0 Å². The van der Waals surface area contributed by atoms with Crippen molar-refractivity contribution < 1.29 is 0 Å². The number of anilines is 1. The van der Waals surface area contributed by atoms with Gasteiger partial charge in [-0.15, -0.1) is 0 Å². The highest BCUT2D eigenvalue weighted by Crippen LogP contribution is 2.28. The van der Waals surface area contributed by atoms with Crippen LogP contribution < -0.4 is 10.2 Å². The van der Waals surface area contributed by atoms with Crippen LogP contribution in [0.1, 0.15) is 56.2 Å². The topological polar surface area (TPSA) is 28.2 Å². The van der Waals surface area contributed by atoms with Gasteiger partial charge in [-0.1, -0.05) is 25.8 Å². The van der Waals surface area contributed by atoms with Gasteiger partial charge < -0.3 is 10.2 Å². The third-order valence-electron chi connectivity index (χ3n) is 4.51. The van der Waals surface area contributed by atoms with Crippen LogP contribution in [0.5, 0.6) is 0 Å². The molecule has 0 spiro atoms. The van der Waals surface area contributed by atoms with Gasteiger partial charge in [0.05, 0.1) is 5.69 Å². The smallest absolute Gasteiger partial charge is 0.128 e. The first-order valence-corrected chi connectivity index (χ1v) is 7.84. The zero-order valence-corrected chi connectivity index (χ0v) is 12.0. The highest BCUT2D eigenvalue weighted by molar-refractivity contribution is 5.43. The van der Waals surface area contributed by atoms with Gasteiger partial charge in [-0.2, -0.15) is 0 Å². The first kappa shape index (κ1) is 12.9. The number of hydrogen-bond donors (Lipinski definition) is 1. The molecule has 0 radical (unpaired) electrons. The minimum atomic E-state index is 0.593. The SMILES string of the molecule is CCC1CNCc2ccc(N3CCCCCC3)nc21. The largest absolute Gasteiger partial charge is 0.357 e. The van der Waals surface area contributed by atoms with Crippen LogP contribution in [0.4, 0.5) is 5.82 Å². The highest BCUT2D eigenvalue weighted by atomic mass is 15.2. The van der Waals surface area contributed by atoms with E-state index in [1.54, 1.807) is 0 Å². The second kappa shape index (κ2) is 5.91. The Kier molecular flexibility index (Phi) is 4.02. The van der Waals surface area contributed by atoms with Crippen LogP contribution in [0, 0.1) is 0 Å². The standard InChI is InChI=1S/C16H25N3/c1-2-13-11-17-12-14-7-8-15(18-16(13)14)19-9-5-3-4-6-10-19/h7-8,13,17H,2-6,9-12H2,1H3. The van der Waals surface area contributed by atoms with E-state index >= 15 is 0 Å². The Morgan fingerprint density at radius 3 is 2.74 bits per heavy atom. The molecular formula is C16H25N3. The third-order valence-corrected chi connectivity index (χ3v) is 4.51. The summed E-state index contributed by atoms with van der Waals surface area (Å²) < 4.78 is 0. The van der Waals surface area contributed by atoms with Crippen molar-refractivity contribution in [1.29, 1.82) is 0 Å². The summed E-state index contributed by atoms with van der Waals surface area (Å²) in [6.07, 6.45) is 6.57. The molecule has 0 aromatic carbocycles.